The van der Waals surface area contributed by atoms with Crippen molar-refractivity contribution in [1.82, 2.24) is 5.32 Å². The van der Waals surface area contributed by atoms with Crippen LogP contribution in [0.25, 0.3) is 0 Å². The minimum Gasteiger partial charge on any atom is -0.379 e. The highest BCUT2D eigenvalue weighted by Gasteiger charge is 2.19. The predicted octanol–water partition coefficient (Wildman–Crippen LogP) is 2.74. The average molecular weight is 243 g/mol. The predicted molar refractivity (Wildman–Crippen MR) is 71.4 cm³/mol. The van der Waals surface area contributed by atoms with Crippen LogP contribution in [0.1, 0.15) is 51.9 Å². The maximum absolute atomic E-state index is 5.49. The molecule has 1 aliphatic rings. The lowest BCUT2D eigenvalue weighted by Crippen LogP contribution is -2.17. The number of hydrogen-bond acceptors (Lipinski definition) is 3. The summed E-state index contributed by atoms with van der Waals surface area (Å²) in [5, 5.41) is 3.54. The largest absolute Gasteiger partial charge is 0.379 e. The van der Waals surface area contributed by atoms with E-state index in [0.29, 0.717) is 0 Å². The summed E-state index contributed by atoms with van der Waals surface area (Å²) in [5.41, 5.74) is 0. The van der Waals surface area contributed by atoms with Gasteiger partial charge in [0, 0.05) is 19.3 Å². The highest BCUT2D eigenvalue weighted by molar-refractivity contribution is 4.80. The summed E-state index contributed by atoms with van der Waals surface area (Å²) in [7, 11) is 0. The first kappa shape index (κ1) is 14.9. The van der Waals surface area contributed by atoms with Crippen molar-refractivity contribution < 1.29 is 9.47 Å². The molecular weight excluding hydrogens is 214 g/mol. The lowest BCUT2D eigenvalue weighted by Gasteiger charge is -2.05. The van der Waals surface area contributed by atoms with Crippen LogP contribution >= 0.6 is 0 Å². The quantitative estimate of drug-likeness (QED) is 0.505. The molecule has 17 heavy (non-hydrogen) atoms. The fourth-order valence-electron chi connectivity index (χ4n) is 1.74. The molecule has 1 fully saturated rings. The van der Waals surface area contributed by atoms with E-state index in [4.69, 9.17) is 9.47 Å². The third-order valence-corrected chi connectivity index (χ3v) is 2.95. The Morgan fingerprint density at radius 2 is 1.59 bits per heavy atom. The summed E-state index contributed by atoms with van der Waals surface area (Å²) >= 11 is 0. The van der Waals surface area contributed by atoms with Gasteiger partial charge in [0.15, 0.2) is 0 Å². The SMILES string of the molecule is CCCOCCOCCCCCCNC1CC1. The Bertz CT molecular complexity index is 160. The van der Waals surface area contributed by atoms with Crippen LogP contribution in [-0.4, -0.2) is 39.0 Å². The van der Waals surface area contributed by atoms with Crippen LogP contribution in [0.2, 0.25) is 0 Å². The topological polar surface area (TPSA) is 30.5 Å². The summed E-state index contributed by atoms with van der Waals surface area (Å²) in [6.45, 7) is 6.58. The lowest BCUT2D eigenvalue weighted by atomic mass is 10.2. The first-order valence-electron chi connectivity index (χ1n) is 7.32. The van der Waals surface area contributed by atoms with E-state index in [2.05, 4.69) is 12.2 Å². The molecule has 1 N–H and O–H groups in total. The molecule has 0 heterocycles. The highest BCUT2D eigenvalue weighted by Crippen LogP contribution is 2.18. The maximum atomic E-state index is 5.49. The molecule has 0 atom stereocenters. The van der Waals surface area contributed by atoms with Crippen molar-refractivity contribution in [2.75, 3.05) is 33.0 Å². The highest BCUT2D eigenvalue weighted by atomic mass is 16.5. The van der Waals surface area contributed by atoms with Crippen molar-refractivity contribution in [2.24, 2.45) is 0 Å². The molecule has 0 radical (unpaired) electrons. The molecule has 0 unspecified atom stereocenters. The molecule has 3 heteroatoms. The Balaban J connectivity index is 1.61. The number of nitrogens with one attached hydrogen (secondary N) is 1. The van der Waals surface area contributed by atoms with E-state index in [9.17, 15) is 0 Å². The van der Waals surface area contributed by atoms with Crippen molar-refractivity contribution in [3.8, 4) is 0 Å². The van der Waals surface area contributed by atoms with Crippen LogP contribution in [0.5, 0.6) is 0 Å². The lowest BCUT2D eigenvalue weighted by molar-refractivity contribution is 0.0465. The van der Waals surface area contributed by atoms with Crippen molar-refractivity contribution >= 4 is 0 Å². The number of hydrogen-bond donors (Lipinski definition) is 1. The molecule has 0 amide bonds. The second-order valence-electron chi connectivity index (χ2n) is 4.87. The van der Waals surface area contributed by atoms with E-state index >= 15 is 0 Å². The van der Waals surface area contributed by atoms with Crippen molar-refractivity contribution in [2.45, 2.75) is 57.9 Å². The first-order valence-corrected chi connectivity index (χ1v) is 7.32. The zero-order valence-corrected chi connectivity index (χ0v) is 11.4. The van der Waals surface area contributed by atoms with Crippen molar-refractivity contribution in [3.63, 3.8) is 0 Å². The van der Waals surface area contributed by atoms with Crippen LogP contribution in [0, 0.1) is 0 Å². The van der Waals surface area contributed by atoms with E-state index in [1.807, 2.05) is 0 Å². The minimum atomic E-state index is 0.749. The summed E-state index contributed by atoms with van der Waals surface area (Å²) in [6.07, 6.45) is 9.02. The minimum absolute atomic E-state index is 0.749. The molecule has 0 bridgehead atoms. The van der Waals surface area contributed by atoms with Crippen molar-refractivity contribution in [3.05, 3.63) is 0 Å². The van der Waals surface area contributed by atoms with Gasteiger partial charge in [-0.05, 0) is 38.6 Å². The average Bonchev–Trinajstić information content (AvgIpc) is 3.15. The fraction of sp³-hybridized carbons (Fsp3) is 1.00. The third kappa shape index (κ3) is 10.7. The van der Waals surface area contributed by atoms with Gasteiger partial charge in [0.2, 0.25) is 0 Å². The van der Waals surface area contributed by atoms with E-state index < -0.39 is 0 Å². The van der Waals surface area contributed by atoms with Crippen LogP contribution in [0.4, 0.5) is 0 Å². The number of ether oxygens (including phenoxy) is 2. The maximum Gasteiger partial charge on any atom is 0.0700 e. The Kier molecular flexibility index (Phi) is 9.66. The fourth-order valence-corrected chi connectivity index (χ4v) is 1.74. The van der Waals surface area contributed by atoms with Crippen LogP contribution in [0.15, 0.2) is 0 Å². The van der Waals surface area contributed by atoms with E-state index in [-0.39, 0.29) is 0 Å². The molecular formula is C14H29NO2. The van der Waals surface area contributed by atoms with Gasteiger partial charge in [0.25, 0.3) is 0 Å². The second-order valence-corrected chi connectivity index (χ2v) is 4.87. The van der Waals surface area contributed by atoms with Crippen molar-refractivity contribution in [1.29, 1.82) is 0 Å². The van der Waals surface area contributed by atoms with E-state index in [0.717, 1.165) is 38.9 Å². The molecule has 102 valence electrons. The summed E-state index contributed by atoms with van der Waals surface area (Å²) in [4.78, 5) is 0. The van der Waals surface area contributed by atoms with E-state index in [1.54, 1.807) is 0 Å². The van der Waals surface area contributed by atoms with E-state index in [1.165, 1.54) is 45.1 Å². The van der Waals surface area contributed by atoms with Crippen LogP contribution < -0.4 is 5.32 Å². The first-order chi connectivity index (χ1) is 8.43. The Labute approximate surface area is 106 Å². The van der Waals surface area contributed by atoms with Gasteiger partial charge in [-0.25, -0.2) is 0 Å². The van der Waals surface area contributed by atoms with Gasteiger partial charge in [-0.2, -0.15) is 0 Å². The normalized spacial score (nSPS) is 15.4. The molecule has 0 aliphatic heterocycles. The molecule has 1 saturated carbocycles. The van der Waals surface area contributed by atoms with Gasteiger partial charge >= 0.3 is 0 Å². The standard InChI is InChI=1S/C14H29NO2/c1-2-10-16-12-13-17-11-6-4-3-5-9-15-14-7-8-14/h14-15H,2-13H2,1H3. The smallest absolute Gasteiger partial charge is 0.0700 e. The molecule has 0 spiro atoms. The number of rotatable bonds is 13. The van der Waals surface area contributed by atoms with Gasteiger partial charge < -0.3 is 14.8 Å². The summed E-state index contributed by atoms with van der Waals surface area (Å²) in [6, 6.07) is 0.862. The molecule has 1 aliphatic carbocycles. The van der Waals surface area contributed by atoms with Gasteiger partial charge in [-0.15, -0.1) is 0 Å². The molecule has 0 aromatic carbocycles. The Morgan fingerprint density at radius 3 is 2.29 bits per heavy atom. The monoisotopic (exact) mass is 243 g/mol. The molecule has 1 rings (SSSR count). The zero-order valence-electron chi connectivity index (χ0n) is 11.4. The second kappa shape index (κ2) is 11.0. The summed E-state index contributed by atoms with van der Waals surface area (Å²) in [5.74, 6) is 0. The van der Waals surface area contributed by atoms with Gasteiger partial charge in [0.1, 0.15) is 0 Å². The van der Waals surface area contributed by atoms with Crippen LogP contribution in [0.3, 0.4) is 0 Å². The Morgan fingerprint density at radius 1 is 0.882 bits per heavy atom. The third-order valence-electron chi connectivity index (χ3n) is 2.95. The van der Waals surface area contributed by atoms with Gasteiger partial charge in [-0.1, -0.05) is 19.8 Å². The molecule has 0 aromatic heterocycles. The summed E-state index contributed by atoms with van der Waals surface area (Å²) < 4.78 is 10.8. The van der Waals surface area contributed by atoms with Gasteiger partial charge in [0.05, 0.1) is 13.2 Å². The zero-order chi connectivity index (χ0) is 12.2. The molecule has 0 aromatic rings. The van der Waals surface area contributed by atoms with Crippen LogP contribution in [-0.2, 0) is 9.47 Å². The Hall–Kier alpha value is -0.120. The van der Waals surface area contributed by atoms with Gasteiger partial charge in [-0.3, -0.25) is 0 Å². The molecule has 3 nitrogen and oxygen atoms in total. The number of unbranched alkanes of at least 4 members (excludes halogenated alkanes) is 3. The molecule has 0 saturated heterocycles.